The molecule has 2 aromatic rings. The lowest BCUT2D eigenvalue weighted by Gasteiger charge is -2.34. The van der Waals surface area contributed by atoms with Gasteiger partial charge in [-0.3, -0.25) is 18.7 Å². The molecule has 2 heterocycles. The van der Waals surface area contributed by atoms with Crippen molar-refractivity contribution in [2.75, 3.05) is 26.2 Å². The molecule has 0 radical (unpaired) electrons. The second-order valence-electron chi connectivity index (χ2n) is 8.55. The molecule has 3 rings (SSSR count). The SMILES string of the molecule is CC1CC(C)CN(CCCNC(=O)Cn2c(=O)ccn(Cc3ccccc3)c2=O)C1. The van der Waals surface area contributed by atoms with Crippen LogP contribution in [-0.4, -0.2) is 46.1 Å². The van der Waals surface area contributed by atoms with Crippen molar-refractivity contribution in [1.29, 1.82) is 0 Å². The number of carbonyl (C=O) groups excluding carboxylic acids is 1. The average Bonchev–Trinajstić information content (AvgIpc) is 2.71. The summed E-state index contributed by atoms with van der Waals surface area (Å²) in [6.45, 7) is 8.37. The average molecular weight is 413 g/mol. The van der Waals surface area contributed by atoms with Crippen LogP contribution < -0.4 is 16.6 Å². The molecular formula is C23H32N4O3. The van der Waals surface area contributed by atoms with Crippen LogP contribution in [0.2, 0.25) is 0 Å². The molecule has 1 N–H and O–H groups in total. The number of rotatable bonds is 8. The summed E-state index contributed by atoms with van der Waals surface area (Å²) in [5.41, 5.74) is 0.0177. The summed E-state index contributed by atoms with van der Waals surface area (Å²) in [6, 6.07) is 10.9. The molecule has 7 heteroatoms. The molecule has 0 aliphatic carbocycles. The zero-order chi connectivity index (χ0) is 21.5. The second-order valence-corrected chi connectivity index (χ2v) is 8.55. The van der Waals surface area contributed by atoms with Crippen molar-refractivity contribution in [3.8, 4) is 0 Å². The zero-order valence-electron chi connectivity index (χ0n) is 17.9. The van der Waals surface area contributed by atoms with Crippen molar-refractivity contribution in [3.63, 3.8) is 0 Å². The van der Waals surface area contributed by atoms with Gasteiger partial charge in [0, 0.05) is 31.9 Å². The minimum atomic E-state index is -0.474. The predicted molar refractivity (Wildman–Crippen MR) is 118 cm³/mol. The second kappa shape index (κ2) is 10.4. The fourth-order valence-corrected chi connectivity index (χ4v) is 4.31. The first-order valence-electron chi connectivity index (χ1n) is 10.8. The fraction of sp³-hybridized carbons (Fsp3) is 0.522. The smallest absolute Gasteiger partial charge is 0.331 e. The van der Waals surface area contributed by atoms with E-state index in [0.717, 1.165) is 36.2 Å². The normalized spacial score (nSPS) is 19.5. The Morgan fingerprint density at radius 1 is 1.07 bits per heavy atom. The number of hydrogen-bond acceptors (Lipinski definition) is 4. The first kappa shape index (κ1) is 22.0. The molecule has 1 aliphatic rings. The van der Waals surface area contributed by atoms with Crippen LogP contribution in [0.25, 0.3) is 0 Å². The van der Waals surface area contributed by atoms with Crippen molar-refractivity contribution in [1.82, 2.24) is 19.4 Å². The Bertz CT molecular complexity index is 941. The third-order valence-corrected chi connectivity index (χ3v) is 5.55. The lowest BCUT2D eigenvalue weighted by atomic mass is 9.92. The van der Waals surface area contributed by atoms with Crippen LogP contribution in [0.1, 0.15) is 32.3 Å². The zero-order valence-corrected chi connectivity index (χ0v) is 17.9. The van der Waals surface area contributed by atoms with Crippen molar-refractivity contribution in [2.45, 2.75) is 39.8 Å². The van der Waals surface area contributed by atoms with E-state index < -0.39 is 11.2 Å². The molecule has 162 valence electrons. The van der Waals surface area contributed by atoms with Gasteiger partial charge in [0.15, 0.2) is 0 Å². The molecule has 1 aromatic carbocycles. The molecule has 2 unspecified atom stereocenters. The maximum atomic E-state index is 12.7. The van der Waals surface area contributed by atoms with Crippen LogP contribution in [0.3, 0.4) is 0 Å². The van der Waals surface area contributed by atoms with Crippen LogP contribution in [0.5, 0.6) is 0 Å². The minimum absolute atomic E-state index is 0.259. The minimum Gasteiger partial charge on any atom is -0.354 e. The molecule has 1 fully saturated rings. The van der Waals surface area contributed by atoms with E-state index >= 15 is 0 Å². The predicted octanol–water partition coefficient (Wildman–Crippen LogP) is 1.54. The molecule has 30 heavy (non-hydrogen) atoms. The summed E-state index contributed by atoms with van der Waals surface area (Å²) in [5.74, 6) is 1.12. The Hall–Kier alpha value is -2.67. The monoisotopic (exact) mass is 412 g/mol. The highest BCUT2D eigenvalue weighted by atomic mass is 16.2. The number of aromatic nitrogens is 2. The van der Waals surface area contributed by atoms with E-state index in [0.29, 0.717) is 24.9 Å². The molecular weight excluding hydrogens is 380 g/mol. The van der Waals surface area contributed by atoms with E-state index in [-0.39, 0.29) is 12.5 Å². The maximum Gasteiger partial charge on any atom is 0.331 e. The van der Waals surface area contributed by atoms with Crippen LogP contribution in [0.4, 0.5) is 0 Å². The van der Waals surface area contributed by atoms with Crippen LogP contribution in [0.15, 0.2) is 52.2 Å². The number of likely N-dealkylation sites (tertiary alicyclic amines) is 1. The van der Waals surface area contributed by atoms with Gasteiger partial charge in [-0.15, -0.1) is 0 Å². The topological polar surface area (TPSA) is 76.3 Å². The molecule has 1 amide bonds. The summed E-state index contributed by atoms with van der Waals surface area (Å²) >= 11 is 0. The van der Waals surface area contributed by atoms with Crippen LogP contribution in [-0.2, 0) is 17.9 Å². The Labute approximate surface area is 177 Å². The Morgan fingerprint density at radius 2 is 1.77 bits per heavy atom. The van der Waals surface area contributed by atoms with Gasteiger partial charge in [-0.25, -0.2) is 4.79 Å². The summed E-state index contributed by atoms with van der Waals surface area (Å²) in [7, 11) is 0. The van der Waals surface area contributed by atoms with Crippen molar-refractivity contribution >= 4 is 5.91 Å². The highest BCUT2D eigenvalue weighted by Crippen LogP contribution is 2.20. The lowest BCUT2D eigenvalue weighted by molar-refractivity contribution is -0.121. The van der Waals surface area contributed by atoms with Gasteiger partial charge in [-0.2, -0.15) is 0 Å². The Balaban J connectivity index is 1.51. The van der Waals surface area contributed by atoms with Crippen LogP contribution >= 0.6 is 0 Å². The van der Waals surface area contributed by atoms with E-state index in [9.17, 15) is 14.4 Å². The maximum absolute atomic E-state index is 12.7. The number of carbonyl (C=O) groups is 1. The molecule has 2 atom stereocenters. The number of nitrogens with zero attached hydrogens (tertiary/aromatic N) is 3. The van der Waals surface area contributed by atoms with Gasteiger partial charge in [0.2, 0.25) is 5.91 Å². The quantitative estimate of drug-likeness (QED) is 0.668. The van der Waals surface area contributed by atoms with E-state index in [2.05, 4.69) is 24.1 Å². The molecule has 1 saturated heterocycles. The van der Waals surface area contributed by atoms with Gasteiger partial charge in [0.1, 0.15) is 6.54 Å². The number of amides is 1. The number of hydrogen-bond donors (Lipinski definition) is 1. The summed E-state index contributed by atoms with van der Waals surface area (Å²) < 4.78 is 2.44. The van der Waals surface area contributed by atoms with Gasteiger partial charge >= 0.3 is 5.69 Å². The van der Waals surface area contributed by atoms with Gasteiger partial charge in [-0.05, 0) is 36.8 Å². The number of piperidine rings is 1. The van der Waals surface area contributed by atoms with Crippen molar-refractivity contribution < 1.29 is 4.79 Å². The Morgan fingerprint density at radius 3 is 2.47 bits per heavy atom. The highest BCUT2D eigenvalue weighted by Gasteiger charge is 2.21. The van der Waals surface area contributed by atoms with Crippen molar-refractivity contribution in [3.05, 3.63) is 69.0 Å². The van der Waals surface area contributed by atoms with Gasteiger partial charge in [0.25, 0.3) is 5.56 Å². The summed E-state index contributed by atoms with van der Waals surface area (Å²) in [5, 5.41) is 2.84. The van der Waals surface area contributed by atoms with Crippen molar-refractivity contribution in [2.24, 2.45) is 11.8 Å². The fourth-order valence-electron chi connectivity index (χ4n) is 4.31. The van der Waals surface area contributed by atoms with E-state index in [4.69, 9.17) is 0 Å². The highest BCUT2D eigenvalue weighted by molar-refractivity contribution is 5.75. The summed E-state index contributed by atoms with van der Waals surface area (Å²) in [6.07, 6.45) is 3.61. The van der Waals surface area contributed by atoms with E-state index in [1.807, 2.05) is 30.3 Å². The first-order valence-corrected chi connectivity index (χ1v) is 10.8. The van der Waals surface area contributed by atoms with Crippen LogP contribution in [0, 0.1) is 11.8 Å². The third kappa shape index (κ3) is 6.16. The number of benzene rings is 1. The molecule has 1 aliphatic heterocycles. The van der Waals surface area contributed by atoms with E-state index in [1.54, 1.807) is 0 Å². The largest absolute Gasteiger partial charge is 0.354 e. The van der Waals surface area contributed by atoms with Gasteiger partial charge < -0.3 is 10.2 Å². The molecule has 0 spiro atoms. The standard InChI is InChI=1S/C23H32N4O3/c1-18-13-19(2)15-25(14-18)11-6-10-24-21(28)17-27-22(29)9-12-26(23(27)30)16-20-7-4-3-5-8-20/h3-5,7-9,12,18-19H,6,10-11,13-17H2,1-2H3,(H,24,28). The van der Waals surface area contributed by atoms with Gasteiger partial charge in [0.05, 0.1) is 6.54 Å². The third-order valence-electron chi connectivity index (χ3n) is 5.55. The van der Waals surface area contributed by atoms with E-state index in [1.165, 1.54) is 23.3 Å². The molecule has 1 aromatic heterocycles. The van der Waals surface area contributed by atoms with Gasteiger partial charge in [-0.1, -0.05) is 44.2 Å². The first-order chi connectivity index (χ1) is 14.4. The molecule has 7 nitrogen and oxygen atoms in total. The molecule has 0 saturated carbocycles. The lowest BCUT2D eigenvalue weighted by Crippen LogP contribution is -2.44. The Kier molecular flexibility index (Phi) is 7.63. The summed E-state index contributed by atoms with van der Waals surface area (Å²) in [4.78, 5) is 39.6. The molecule has 0 bridgehead atoms. The number of nitrogens with one attached hydrogen (secondary N) is 1.